The Balaban J connectivity index is 1.95. The number of nitrogens with zero attached hydrogens (tertiary/aromatic N) is 1. The maximum absolute atomic E-state index is 12.4. The summed E-state index contributed by atoms with van der Waals surface area (Å²) in [5, 5.41) is 3.04. The summed E-state index contributed by atoms with van der Waals surface area (Å²) in [6, 6.07) is -0.316. The lowest BCUT2D eigenvalue weighted by Gasteiger charge is -2.27. The number of hydrogen-bond donors (Lipinski definition) is 1. The zero-order valence-corrected chi connectivity index (χ0v) is 13.5. The molecule has 7 heteroatoms. The SMILES string of the molecule is COCCS(=O)(=O)N1CCC[C@@H]1C(=O)NC1CCCCC1. The summed E-state index contributed by atoms with van der Waals surface area (Å²) < 4.78 is 30.7. The molecule has 1 aliphatic heterocycles. The quantitative estimate of drug-likeness (QED) is 0.789. The van der Waals surface area contributed by atoms with Crippen molar-refractivity contribution >= 4 is 15.9 Å². The lowest BCUT2D eigenvalue weighted by molar-refractivity contribution is -0.125. The molecule has 1 saturated heterocycles. The Labute approximate surface area is 127 Å². The predicted octanol–water partition coefficient (Wildman–Crippen LogP) is 0.876. The molecule has 1 atom stereocenters. The average molecular weight is 318 g/mol. The van der Waals surface area contributed by atoms with Crippen molar-refractivity contribution in [3.05, 3.63) is 0 Å². The van der Waals surface area contributed by atoms with Gasteiger partial charge in [0.15, 0.2) is 0 Å². The first-order valence-electron chi connectivity index (χ1n) is 7.83. The van der Waals surface area contributed by atoms with E-state index in [9.17, 15) is 13.2 Å². The van der Waals surface area contributed by atoms with Crippen LogP contribution >= 0.6 is 0 Å². The second kappa shape index (κ2) is 7.56. The number of ether oxygens (including phenoxy) is 1. The number of rotatable bonds is 6. The zero-order valence-electron chi connectivity index (χ0n) is 12.7. The summed E-state index contributed by atoms with van der Waals surface area (Å²) in [6.45, 7) is 0.602. The lowest BCUT2D eigenvalue weighted by Crippen LogP contribution is -2.49. The van der Waals surface area contributed by atoms with E-state index in [1.807, 2.05) is 0 Å². The average Bonchev–Trinajstić information content (AvgIpc) is 2.97. The molecule has 122 valence electrons. The Hall–Kier alpha value is -0.660. The first-order chi connectivity index (χ1) is 10.0. The van der Waals surface area contributed by atoms with Crippen LogP contribution in [0.3, 0.4) is 0 Å². The monoisotopic (exact) mass is 318 g/mol. The van der Waals surface area contributed by atoms with E-state index in [1.54, 1.807) is 0 Å². The van der Waals surface area contributed by atoms with Crippen LogP contribution in [0.4, 0.5) is 0 Å². The Kier molecular flexibility index (Phi) is 6.01. The minimum atomic E-state index is -3.41. The van der Waals surface area contributed by atoms with E-state index < -0.39 is 16.1 Å². The van der Waals surface area contributed by atoms with Crippen LogP contribution in [-0.2, 0) is 19.6 Å². The number of methoxy groups -OCH3 is 1. The van der Waals surface area contributed by atoms with Gasteiger partial charge in [-0.1, -0.05) is 19.3 Å². The minimum Gasteiger partial charge on any atom is -0.384 e. The van der Waals surface area contributed by atoms with Crippen molar-refractivity contribution < 1.29 is 17.9 Å². The van der Waals surface area contributed by atoms with Crippen LogP contribution in [0.2, 0.25) is 0 Å². The van der Waals surface area contributed by atoms with Gasteiger partial charge >= 0.3 is 0 Å². The summed E-state index contributed by atoms with van der Waals surface area (Å²) in [6.07, 6.45) is 6.90. The molecule has 6 nitrogen and oxygen atoms in total. The lowest BCUT2D eigenvalue weighted by atomic mass is 9.95. The molecule has 0 radical (unpaired) electrons. The summed E-state index contributed by atoms with van der Waals surface area (Å²) in [5.41, 5.74) is 0. The maximum atomic E-state index is 12.4. The molecule has 1 saturated carbocycles. The summed E-state index contributed by atoms with van der Waals surface area (Å²) in [4.78, 5) is 12.4. The Morgan fingerprint density at radius 2 is 1.90 bits per heavy atom. The van der Waals surface area contributed by atoms with Crippen molar-refractivity contribution in [1.82, 2.24) is 9.62 Å². The van der Waals surface area contributed by atoms with Gasteiger partial charge in [-0.2, -0.15) is 4.31 Å². The molecule has 2 rings (SSSR count). The van der Waals surface area contributed by atoms with Crippen LogP contribution in [0.15, 0.2) is 0 Å². The van der Waals surface area contributed by atoms with Gasteiger partial charge in [-0.3, -0.25) is 4.79 Å². The fourth-order valence-corrected chi connectivity index (χ4v) is 4.79. The topological polar surface area (TPSA) is 75.7 Å². The molecule has 1 aliphatic carbocycles. The number of hydrogen-bond acceptors (Lipinski definition) is 4. The minimum absolute atomic E-state index is 0.0588. The van der Waals surface area contributed by atoms with Crippen LogP contribution in [0.5, 0.6) is 0 Å². The van der Waals surface area contributed by atoms with Crippen molar-refractivity contribution in [2.24, 2.45) is 0 Å². The van der Waals surface area contributed by atoms with Gasteiger partial charge < -0.3 is 10.1 Å². The van der Waals surface area contributed by atoms with Gasteiger partial charge in [0.1, 0.15) is 6.04 Å². The Bertz CT molecular complexity index is 446. The first-order valence-corrected chi connectivity index (χ1v) is 9.44. The van der Waals surface area contributed by atoms with Gasteiger partial charge in [-0.25, -0.2) is 8.42 Å². The summed E-state index contributed by atoms with van der Waals surface area (Å²) in [7, 11) is -1.93. The standard InChI is InChI=1S/C14H26N2O4S/c1-20-10-11-21(18,19)16-9-5-8-13(16)14(17)15-12-6-3-2-4-7-12/h12-13H,2-11H2,1H3,(H,15,17)/t13-/m1/s1. The molecule has 2 fully saturated rings. The van der Waals surface area contributed by atoms with Gasteiger partial charge in [-0.05, 0) is 25.7 Å². The molecule has 1 heterocycles. The second-order valence-corrected chi connectivity index (χ2v) is 7.96. The Morgan fingerprint density at radius 3 is 2.57 bits per heavy atom. The highest BCUT2D eigenvalue weighted by molar-refractivity contribution is 7.89. The van der Waals surface area contributed by atoms with E-state index in [0.717, 1.165) is 32.1 Å². The fraction of sp³-hybridized carbons (Fsp3) is 0.929. The number of carbonyl (C=O) groups is 1. The third kappa shape index (κ3) is 4.40. The van der Waals surface area contributed by atoms with Crippen LogP contribution in [0.1, 0.15) is 44.9 Å². The van der Waals surface area contributed by atoms with Crippen LogP contribution < -0.4 is 5.32 Å². The molecule has 1 N–H and O–H groups in total. The summed E-state index contributed by atoms with van der Waals surface area (Å²) in [5.74, 6) is -0.183. The third-order valence-electron chi connectivity index (χ3n) is 4.36. The molecule has 0 aromatic rings. The highest BCUT2D eigenvalue weighted by atomic mass is 32.2. The van der Waals surface area contributed by atoms with E-state index in [2.05, 4.69) is 5.32 Å². The molecule has 0 aromatic carbocycles. The van der Waals surface area contributed by atoms with Crippen molar-refractivity contribution in [3.63, 3.8) is 0 Å². The van der Waals surface area contributed by atoms with Crippen molar-refractivity contribution in [3.8, 4) is 0 Å². The molecule has 0 unspecified atom stereocenters. The van der Waals surface area contributed by atoms with Crippen molar-refractivity contribution in [1.29, 1.82) is 0 Å². The van der Waals surface area contributed by atoms with E-state index in [-0.39, 0.29) is 24.3 Å². The van der Waals surface area contributed by atoms with E-state index >= 15 is 0 Å². The highest BCUT2D eigenvalue weighted by Crippen LogP contribution is 2.23. The normalized spacial score (nSPS) is 25.1. The van der Waals surface area contributed by atoms with Gasteiger partial charge in [0.25, 0.3) is 0 Å². The summed E-state index contributed by atoms with van der Waals surface area (Å²) >= 11 is 0. The number of nitrogens with one attached hydrogen (secondary N) is 1. The molecule has 0 spiro atoms. The van der Waals surface area contributed by atoms with Crippen LogP contribution in [0.25, 0.3) is 0 Å². The molecule has 2 aliphatic rings. The van der Waals surface area contributed by atoms with E-state index in [1.165, 1.54) is 17.8 Å². The molecule has 0 bridgehead atoms. The van der Waals surface area contributed by atoms with Gasteiger partial charge in [0, 0.05) is 19.7 Å². The van der Waals surface area contributed by atoms with Gasteiger partial charge in [0.2, 0.25) is 15.9 Å². The predicted molar refractivity (Wildman–Crippen MR) is 80.4 cm³/mol. The largest absolute Gasteiger partial charge is 0.384 e. The third-order valence-corrected chi connectivity index (χ3v) is 6.19. The van der Waals surface area contributed by atoms with Gasteiger partial charge in [-0.15, -0.1) is 0 Å². The molecular formula is C14H26N2O4S. The molecule has 21 heavy (non-hydrogen) atoms. The number of amides is 1. The van der Waals surface area contributed by atoms with Crippen molar-refractivity contribution in [2.45, 2.75) is 57.0 Å². The van der Waals surface area contributed by atoms with Crippen molar-refractivity contribution in [2.75, 3.05) is 26.0 Å². The maximum Gasteiger partial charge on any atom is 0.238 e. The smallest absolute Gasteiger partial charge is 0.238 e. The molecule has 1 amide bonds. The molecule has 0 aromatic heterocycles. The first kappa shape index (κ1) is 16.7. The van der Waals surface area contributed by atoms with E-state index in [0.29, 0.717) is 13.0 Å². The van der Waals surface area contributed by atoms with E-state index in [4.69, 9.17) is 4.74 Å². The zero-order chi connectivity index (χ0) is 15.3. The Morgan fingerprint density at radius 1 is 1.19 bits per heavy atom. The number of sulfonamides is 1. The molecular weight excluding hydrogens is 292 g/mol. The number of carbonyl (C=O) groups excluding carboxylic acids is 1. The van der Waals surface area contributed by atoms with Crippen LogP contribution in [-0.4, -0.2) is 56.7 Å². The van der Waals surface area contributed by atoms with Crippen LogP contribution in [0, 0.1) is 0 Å². The fourth-order valence-electron chi connectivity index (χ4n) is 3.19. The van der Waals surface area contributed by atoms with Gasteiger partial charge in [0.05, 0.1) is 12.4 Å². The highest BCUT2D eigenvalue weighted by Gasteiger charge is 2.38. The second-order valence-electron chi connectivity index (χ2n) is 5.92.